The van der Waals surface area contributed by atoms with Crippen LogP contribution in [0.25, 0.3) is 0 Å². The van der Waals surface area contributed by atoms with E-state index in [2.05, 4.69) is 33.5 Å². The number of piperidine rings is 2. The summed E-state index contributed by atoms with van der Waals surface area (Å²) in [6.07, 6.45) is 11.1. The molecule has 2 aliphatic heterocycles. The van der Waals surface area contributed by atoms with E-state index in [1.807, 2.05) is 4.90 Å². The largest absolute Gasteiger partial charge is 0.352 e. The van der Waals surface area contributed by atoms with Crippen LogP contribution in [0.5, 0.6) is 0 Å². The third-order valence-electron chi connectivity index (χ3n) is 6.77. The van der Waals surface area contributed by atoms with E-state index in [4.69, 9.17) is 0 Å². The minimum atomic E-state index is -0.490. The Kier molecular flexibility index (Phi) is 5.53. The number of rotatable bonds is 4. The molecule has 0 aromatic carbocycles. The molecule has 0 spiro atoms. The number of aromatic nitrogens is 2. The highest BCUT2D eigenvalue weighted by molar-refractivity contribution is 5.94. The maximum Gasteiger partial charge on any atom is 0.272 e. The number of likely N-dealkylation sites (tertiary alicyclic amines) is 2. The Balaban J connectivity index is 1.54. The number of aromatic amines is 1. The maximum atomic E-state index is 13.4. The van der Waals surface area contributed by atoms with Gasteiger partial charge >= 0.3 is 0 Å². The highest BCUT2D eigenvalue weighted by Gasteiger charge is 2.53. The van der Waals surface area contributed by atoms with Gasteiger partial charge in [-0.25, -0.2) is 0 Å². The van der Waals surface area contributed by atoms with E-state index in [0.29, 0.717) is 18.8 Å². The zero-order chi connectivity index (χ0) is 19.6. The molecule has 0 radical (unpaired) electrons. The zero-order valence-electron chi connectivity index (χ0n) is 16.7. The Bertz CT molecular complexity index is 744. The van der Waals surface area contributed by atoms with Crippen LogP contribution in [0.15, 0.2) is 23.9 Å². The standard InChI is InChI=1S/C21H31N5O2/c1-25-13-10-21(20(28)22-14-16-6-3-2-4-7-16)9-5-12-26(18(21)15-25)19(27)17-8-11-23-24-17/h6,8,11,18H,2-5,7,9-10,12-15H2,1H3,(H,22,28)(H,23,24)/t18-,21-/m1/s1. The van der Waals surface area contributed by atoms with Crippen molar-refractivity contribution < 1.29 is 9.59 Å². The fourth-order valence-corrected chi connectivity index (χ4v) is 5.11. The number of nitrogens with one attached hydrogen (secondary N) is 2. The first kappa shape index (κ1) is 19.2. The summed E-state index contributed by atoms with van der Waals surface area (Å²) in [4.78, 5) is 30.7. The van der Waals surface area contributed by atoms with Gasteiger partial charge in [0.1, 0.15) is 5.69 Å². The van der Waals surface area contributed by atoms with Crippen LogP contribution in [-0.4, -0.2) is 71.1 Å². The second-order valence-corrected chi connectivity index (χ2v) is 8.55. The van der Waals surface area contributed by atoms with E-state index in [1.54, 1.807) is 12.3 Å². The van der Waals surface area contributed by atoms with Gasteiger partial charge in [-0.15, -0.1) is 0 Å². The van der Waals surface area contributed by atoms with Gasteiger partial charge in [-0.05, 0) is 64.6 Å². The minimum absolute atomic E-state index is 0.0512. The number of allylic oxidation sites excluding steroid dienone is 1. The number of carbonyl (C=O) groups is 2. The molecule has 152 valence electrons. The first-order valence-corrected chi connectivity index (χ1v) is 10.6. The van der Waals surface area contributed by atoms with Gasteiger partial charge in [0.15, 0.2) is 0 Å². The first-order valence-electron chi connectivity index (χ1n) is 10.6. The molecule has 7 nitrogen and oxygen atoms in total. The Morgan fingerprint density at radius 3 is 2.93 bits per heavy atom. The number of likely N-dealkylation sites (N-methyl/N-ethyl adjacent to an activating group) is 1. The maximum absolute atomic E-state index is 13.4. The third-order valence-corrected chi connectivity index (χ3v) is 6.77. The summed E-state index contributed by atoms with van der Waals surface area (Å²) in [6, 6.07) is 1.61. The number of amides is 2. The molecule has 1 aliphatic carbocycles. The van der Waals surface area contributed by atoms with Crippen LogP contribution in [0.3, 0.4) is 0 Å². The molecule has 7 heteroatoms. The van der Waals surface area contributed by atoms with Crippen molar-refractivity contribution in [1.29, 1.82) is 0 Å². The molecular weight excluding hydrogens is 354 g/mol. The van der Waals surface area contributed by atoms with Gasteiger partial charge in [0.2, 0.25) is 5.91 Å². The van der Waals surface area contributed by atoms with Crippen molar-refractivity contribution in [3.05, 3.63) is 29.6 Å². The van der Waals surface area contributed by atoms with E-state index >= 15 is 0 Å². The molecule has 3 heterocycles. The van der Waals surface area contributed by atoms with E-state index in [-0.39, 0.29) is 17.9 Å². The zero-order valence-corrected chi connectivity index (χ0v) is 16.7. The minimum Gasteiger partial charge on any atom is -0.352 e. The van der Waals surface area contributed by atoms with Crippen LogP contribution in [0.2, 0.25) is 0 Å². The average Bonchev–Trinajstić information content (AvgIpc) is 3.26. The predicted octanol–water partition coefficient (Wildman–Crippen LogP) is 1.95. The lowest BCUT2D eigenvalue weighted by Gasteiger charge is -2.53. The summed E-state index contributed by atoms with van der Waals surface area (Å²) in [5.41, 5.74) is 1.36. The topological polar surface area (TPSA) is 81.3 Å². The van der Waals surface area contributed by atoms with Gasteiger partial charge in [0, 0.05) is 25.8 Å². The lowest BCUT2D eigenvalue weighted by molar-refractivity contribution is -0.142. The summed E-state index contributed by atoms with van der Waals surface area (Å²) in [5, 5.41) is 9.95. The van der Waals surface area contributed by atoms with Gasteiger partial charge in [0.25, 0.3) is 5.91 Å². The number of hydrogen-bond acceptors (Lipinski definition) is 4. The van der Waals surface area contributed by atoms with Crippen molar-refractivity contribution in [3.8, 4) is 0 Å². The van der Waals surface area contributed by atoms with Crippen LogP contribution < -0.4 is 5.32 Å². The van der Waals surface area contributed by atoms with Gasteiger partial charge < -0.3 is 15.1 Å². The summed E-state index contributed by atoms with van der Waals surface area (Å²) in [7, 11) is 2.07. The Morgan fingerprint density at radius 1 is 1.29 bits per heavy atom. The van der Waals surface area contributed by atoms with E-state index in [0.717, 1.165) is 45.2 Å². The quantitative estimate of drug-likeness (QED) is 0.777. The van der Waals surface area contributed by atoms with Crippen molar-refractivity contribution >= 4 is 11.8 Å². The van der Waals surface area contributed by atoms with E-state index < -0.39 is 5.41 Å². The molecule has 0 bridgehead atoms. The van der Waals surface area contributed by atoms with Crippen LogP contribution in [-0.2, 0) is 4.79 Å². The SMILES string of the molecule is CN1CC[C@]2(C(=O)NCC3=CCCCC3)CCCN(C(=O)c3ccn[nH]3)[C@@H]2C1. The summed E-state index contributed by atoms with van der Waals surface area (Å²) in [6.45, 7) is 2.96. The number of hydrogen-bond donors (Lipinski definition) is 2. The van der Waals surface area contributed by atoms with Crippen LogP contribution >= 0.6 is 0 Å². The van der Waals surface area contributed by atoms with Crippen molar-refractivity contribution in [3.63, 3.8) is 0 Å². The van der Waals surface area contributed by atoms with Crippen molar-refractivity contribution in [2.45, 2.75) is 51.0 Å². The van der Waals surface area contributed by atoms with Gasteiger partial charge in [-0.1, -0.05) is 11.6 Å². The Labute approximate surface area is 166 Å². The fraction of sp³-hybridized carbons (Fsp3) is 0.667. The van der Waals surface area contributed by atoms with Crippen molar-refractivity contribution in [2.24, 2.45) is 5.41 Å². The van der Waals surface area contributed by atoms with Gasteiger partial charge in [-0.3, -0.25) is 14.7 Å². The number of nitrogens with zero attached hydrogens (tertiary/aromatic N) is 3. The molecule has 3 aliphatic rings. The molecule has 1 aromatic heterocycles. The molecule has 2 N–H and O–H groups in total. The molecule has 1 aromatic rings. The summed E-state index contributed by atoms with van der Waals surface area (Å²) >= 11 is 0. The molecule has 28 heavy (non-hydrogen) atoms. The highest BCUT2D eigenvalue weighted by Crippen LogP contribution is 2.43. The molecular formula is C21H31N5O2. The summed E-state index contributed by atoms with van der Waals surface area (Å²) in [5.74, 6) is 0.0730. The van der Waals surface area contributed by atoms with Crippen LogP contribution in [0.4, 0.5) is 0 Å². The van der Waals surface area contributed by atoms with Crippen molar-refractivity contribution in [1.82, 2.24) is 25.3 Å². The number of carbonyl (C=O) groups excluding carboxylic acids is 2. The third kappa shape index (κ3) is 3.60. The van der Waals surface area contributed by atoms with E-state index in [1.165, 1.54) is 18.4 Å². The molecule has 2 amide bonds. The lowest BCUT2D eigenvalue weighted by atomic mass is 9.67. The van der Waals surface area contributed by atoms with Gasteiger partial charge in [-0.2, -0.15) is 5.10 Å². The first-order chi connectivity index (χ1) is 13.6. The van der Waals surface area contributed by atoms with Crippen LogP contribution in [0, 0.1) is 5.41 Å². The molecule has 0 unspecified atom stereocenters. The lowest BCUT2D eigenvalue weighted by Crippen LogP contribution is -2.66. The smallest absolute Gasteiger partial charge is 0.272 e. The number of fused-ring (bicyclic) bond motifs is 1. The van der Waals surface area contributed by atoms with Crippen molar-refractivity contribution in [2.75, 3.05) is 33.2 Å². The molecule has 0 saturated carbocycles. The molecule has 2 fully saturated rings. The molecule has 2 atom stereocenters. The Morgan fingerprint density at radius 2 is 2.18 bits per heavy atom. The Hall–Kier alpha value is -2.15. The predicted molar refractivity (Wildman–Crippen MR) is 107 cm³/mol. The monoisotopic (exact) mass is 385 g/mol. The second-order valence-electron chi connectivity index (χ2n) is 8.55. The average molecular weight is 386 g/mol. The summed E-state index contributed by atoms with van der Waals surface area (Å²) < 4.78 is 0. The normalized spacial score (nSPS) is 28.4. The molecule has 4 rings (SSSR count). The van der Waals surface area contributed by atoms with Gasteiger partial charge in [0.05, 0.1) is 11.5 Å². The highest BCUT2D eigenvalue weighted by atomic mass is 16.2. The second kappa shape index (κ2) is 8.07. The number of H-pyrrole nitrogens is 1. The fourth-order valence-electron chi connectivity index (χ4n) is 5.11. The molecule has 2 saturated heterocycles. The van der Waals surface area contributed by atoms with Crippen LogP contribution in [0.1, 0.15) is 55.4 Å². The van der Waals surface area contributed by atoms with E-state index in [9.17, 15) is 9.59 Å².